The summed E-state index contributed by atoms with van der Waals surface area (Å²) >= 11 is 0. The summed E-state index contributed by atoms with van der Waals surface area (Å²) in [5, 5.41) is 0. The molecule has 3 heteroatoms. The summed E-state index contributed by atoms with van der Waals surface area (Å²) in [7, 11) is 1.37. The Bertz CT molecular complexity index is 264. The van der Waals surface area contributed by atoms with Gasteiger partial charge in [-0.2, -0.15) is 0 Å². The van der Waals surface area contributed by atoms with Crippen LogP contribution in [0.15, 0.2) is 0 Å². The standard InChI is InChI=1S/C13H22O3/c1-4-5-8-13(2)9-6-7-10(14)11(13)12(15)16-3/h11H,4-9H2,1-3H3/t11?,13-/m0/s1. The van der Waals surface area contributed by atoms with Crippen LogP contribution in [0.1, 0.15) is 52.4 Å². The second-order valence-electron chi connectivity index (χ2n) is 5.03. The molecule has 0 aliphatic heterocycles. The first-order valence-corrected chi connectivity index (χ1v) is 6.15. The van der Waals surface area contributed by atoms with Gasteiger partial charge in [0.15, 0.2) is 0 Å². The molecular formula is C13H22O3. The van der Waals surface area contributed by atoms with Crippen molar-refractivity contribution in [2.24, 2.45) is 11.3 Å². The third kappa shape index (κ3) is 2.63. The van der Waals surface area contributed by atoms with Gasteiger partial charge in [0.1, 0.15) is 11.7 Å². The molecule has 92 valence electrons. The van der Waals surface area contributed by atoms with Gasteiger partial charge < -0.3 is 4.74 Å². The minimum Gasteiger partial charge on any atom is -0.468 e. The number of carbonyl (C=O) groups is 2. The number of rotatable bonds is 4. The van der Waals surface area contributed by atoms with E-state index in [1.165, 1.54) is 7.11 Å². The van der Waals surface area contributed by atoms with Crippen molar-refractivity contribution in [1.29, 1.82) is 0 Å². The third-order valence-corrected chi connectivity index (χ3v) is 3.73. The number of esters is 1. The zero-order chi connectivity index (χ0) is 12.2. The van der Waals surface area contributed by atoms with Crippen molar-refractivity contribution in [2.75, 3.05) is 7.11 Å². The zero-order valence-corrected chi connectivity index (χ0v) is 10.5. The Balaban J connectivity index is 2.84. The fourth-order valence-corrected chi connectivity index (χ4v) is 2.73. The Morgan fingerprint density at radius 2 is 2.25 bits per heavy atom. The highest BCUT2D eigenvalue weighted by Crippen LogP contribution is 2.43. The monoisotopic (exact) mass is 226 g/mol. The molecule has 3 nitrogen and oxygen atoms in total. The molecule has 1 unspecified atom stereocenters. The lowest BCUT2D eigenvalue weighted by molar-refractivity contribution is -0.157. The zero-order valence-electron chi connectivity index (χ0n) is 10.5. The second-order valence-corrected chi connectivity index (χ2v) is 5.03. The molecule has 0 heterocycles. The molecule has 0 radical (unpaired) electrons. The van der Waals surface area contributed by atoms with Crippen LogP contribution in [0.3, 0.4) is 0 Å². The summed E-state index contributed by atoms with van der Waals surface area (Å²) in [6, 6.07) is 0. The van der Waals surface area contributed by atoms with Gasteiger partial charge in [-0.05, 0) is 24.7 Å². The van der Waals surface area contributed by atoms with E-state index < -0.39 is 5.92 Å². The summed E-state index contributed by atoms with van der Waals surface area (Å²) in [6.45, 7) is 4.18. The maximum atomic E-state index is 11.9. The van der Waals surface area contributed by atoms with E-state index in [4.69, 9.17) is 4.74 Å². The van der Waals surface area contributed by atoms with Crippen molar-refractivity contribution in [2.45, 2.75) is 52.4 Å². The van der Waals surface area contributed by atoms with Gasteiger partial charge in [-0.1, -0.05) is 26.7 Å². The van der Waals surface area contributed by atoms with Crippen molar-refractivity contribution < 1.29 is 14.3 Å². The maximum Gasteiger partial charge on any atom is 0.316 e. The minimum absolute atomic E-state index is 0.0664. The van der Waals surface area contributed by atoms with Gasteiger partial charge in [0.05, 0.1) is 7.11 Å². The maximum absolute atomic E-state index is 11.9. The van der Waals surface area contributed by atoms with Crippen LogP contribution < -0.4 is 0 Å². The molecule has 0 amide bonds. The Morgan fingerprint density at radius 1 is 1.56 bits per heavy atom. The molecule has 0 spiro atoms. The van der Waals surface area contributed by atoms with Gasteiger partial charge in [-0.3, -0.25) is 9.59 Å². The number of unbranched alkanes of at least 4 members (excludes halogenated alkanes) is 1. The molecule has 0 aromatic carbocycles. The number of ether oxygens (including phenoxy) is 1. The Labute approximate surface area is 97.5 Å². The number of ketones is 1. The van der Waals surface area contributed by atoms with E-state index in [-0.39, 0.29) is 17.2 Å². The normalized spacial score (nSPS) is 30.2. The van der Waals surface area contributed by atoms with Crippen LogP contribution in [0.4, 0.5) is 0 Å². The second kappa shape index (κ2) is 5.46. The quantitative estimate of drug-likeness (QED) is 0.547. The van der Waals surface area contributed by atoms with Crippen LogP contribution >= 0.6 is 0 Å². The van der Waals surface area contributed by atoms with E-state index in [9.17, 15) is 9.59 Å². The lowest BCUT2D eigenvalue weighted by atomic mass is 9.64. The first kappa shape index (κ1) is 13.2. The third-order valence-electron chi connectivity index (χ3n) is 3.73. The van der Waals surface area contributed by atoms with Crippen LogP contribution in [0.2, 0.25) is 0 Å². The summed E-state index contributed by atoms with van der Waals surface area (Å²) in [5.74, 6) is -0.808. The summed E-state index contributed by atoms with van der Waals surface area (Å²) < 4.78 is 4.78. The molecule has 0 saturated heterocycles. The van der Waals surface area contributed by atoms with Crippen LogP contribution in [0.5, 0.6) is 0 Å². The van der Waals surface area contributed by atoms with Gasteiger partial charge in [-0.25, -0.2) is 0 Å². The van der Waals surface area contributed by atoms with Crippen molar-refractivity contribution in [3.8, 4) is 0 Å². The fraction of sp³-hybridized carbons (Fsp3) is 0.846. The predicted molar refractivity (Wildman–Crippen MR) is 62.0 cm³/mol. The average Bonchev–Trinajstić information content (AvgIpc) is 2.26. The highest BCUT2D eigenvalue weighted by molar-refractivity contribution is 6.00. The summed E-state index contributed by atoms with van der Waals surface area (Å²) in [4.78, 5) is 23.6. The lowest BCUT2D eigenvalue weighted by Crippen LogP contribution is -2.43. The van der Waals surface area contributed by atoms with E-state index in [2.05, 4.69) is 13.8 Å². The van der Waals surface area contributed by atoms with Gasteiger partial charge in [-0.15, -0.1) is 0 Å². The molecule has 16 heavy (non-hydrogen) atoms. The molecular weight excluding hydrogens is 204 g/mol. The van der Waals surface area contributed by atoms with E-state index in [0.717, 1.165) is 32.1 Å². The Hall–Kier alpha value is -0.860. The number of methoxy groups -OCH3 is 1. The summed E-state index contributed by atoms with van der Waals surface area (Å²) in [5.41, 5.74) is -0.182. The molecule has 1 aliphatic carbocycles. The highest BCUT2D eigenvalue weighted by atomic mass is 16.5. The Kier molecular flexibility index (Phi) is 4.51. The molecule has 0 aromatic heterocycles. The van der Waals surface area contributed by atoms with Gasteiger partial charge in [0.2, 0.25) is 0 Å². The fourth-order valence-electron chi connectivity index (χ4n) is 2.73. The highest BCUT2D eigenvalue weighted by Gasteiger charge is 2.46. The van der Waals surface area contributed by atoms with Gasteiger partial charge >= 0.3 is 5.97 Å². The van der Waals surface area contributed by atoms with Crippen molar-refractivity contribution in [3.05, 3.63) is 0 Å². The number of hydrogen-bond donors (Lipinski definition) is 0. The first-order valence-electron chi connectivity index (χ1n) is 6.15. The minimum atomic E-state index is -0.530. The van der Waals surface area contributed by atoms with E-state index in [1.54, 1.807) is 0 Å². The van der Waals surface area contributed by atoms with Crippen molar-refractivity contribution in [1.82, 2.24) is 0 Å². The van der Waals surface area contributed by atoms with Crippen molar-refractivity contribution >= 4 is 11.8 Å². The smallest absolute Gasteiger partial charge is 0.316 e. The molecule has 1 saturated carbocycles. The first-order chi connectivity index (χ1) is 7.55. The van der Waals surface area contributed by atoms with E-state index >= 15 is 0 Å². The van der Waals surface area contributed by atoms with Gasteiger partial charge in [0.25, 0.3) is 0 Å². The predicted octanol–water partition coefficient (Wildman–Crippen LogP) is 2.73. The van der Waals surface area contributed by atoms with Crippen LogP contribution in [0, 0.1) is 11.3 Å². The topological polar surface area (TPSA) is 43.4 Å². The largest absolute Gasteiger partial charge is 0.468 e. The summed E-state index contributed by atoms with van der Waals surface area (Å²) in [6.07, 6.45) is 5.50. The van der Waals surface area contributed by atoms with Crippen LogP contribution in [0.25, 0.3) is 0 Å². The molecule has 0 bridgehead atoms. The molecule has 1 fully saturated rings. The van der Waals surface area contributed by atoms with Crippen LogP contribution in [-0.2, 0) is 14.3 Å². The number of Topliss-reactive ketones (excluding diaryl/α,β-unsaturated/α-hetero) is 1. The van der Waals surface area contributed by atoms with Gasteiger partial charge in [0, 0.05) is 6.42 Å². The molecule has 0 N–H and O–H groups in total. The number of carbonyl (C=O) groups excluding carboxylic acids is 2. The SMILES string of the molecule is CCCC[C@@]1(C)CCCC(=O)C1C(=O)OC. The molecule has 1 rings (SSSR count). The van der Waals surface area contributed by atoms with E-state index in [1.807, 2.05) is 0 Å². The lowest BCUT2D eigenvalue weighted by Gasteiger charge is -2.38. The van der Waals surface area contributed by atoms with E-state index in [0.29, 0.717) is 6.42 Å². The number of hydrogen-bond acceptors (Lipinski definition) is 3. The van der Waals surface area contributed by atoms with Crippen LogP contribution in [-0.4, -0.2) is 18.9 Å². The Morgan fingerprint density at radius 3 is 2.81 bits per heavy atom. The molecule has 2 atom stereocenters. The molecule has 1 aliphatic rings. The van der Waals surface area contributed by atoms with Crippen molar-refractivity contribution in [3.63, 3.8) is 0 Å². The molecule has 0 aromatic rings. The average molecular weight is 226 g/mol.